The van der Waals surface area contributed by atoms with Gasteiger partial charge in [-0.25, -0.2) is 4.79 Å². The highest BCUT2D eigenvalue weighted by molar-refractivity contribution is 6.30. The number of hydrogen-bond acceptors (Lipinski definition) is 5. The van der Waals surface area contributed by atoms with Crippen LogP contribution in [-0.2, 0) is 24.5 Å². The maximum atomic E-state index is 13.3. The predicted octanol–water partition coefficient (Wildman–Crippen LogP) is 4.71. The van der Waals surface area contributed by atoms with E-state index in [0.29, 0.717) is 30.7 Å². The summed E-state index contributed by atoms with van der Waals surface area (Å²) in [6, 6.07) is 15.0. The van der Waals surface area contributed by atoms with Gasteiger partial charge in [0.05, 0.1) is 6.04 Å². The van der Waals surface area contributed by atoms with E-state index in [-0.39, 0.29) is 24.2 Å². The van der Waals surface area contributed by atoms with Crippen LogP contribution in [0.4, 0.5) is 4.79 Å². The van der Waals surface area contributed by atoms with E-state index in [1.54, 1.807) is 6.07 Å². The SMILES string of the molecule is CC(C)C[C@H](NC(=O)O[C@H](c1ccccc1)C(C)(C)c1cccc(Cl)c1)C(=O)N[C@H](C=O)C[C@@H]1CCNC1=O. The third kappa shape index (κ3) is 8.30. The molecule has 0 radical (unpaired) electrons. The fraction of sp³-hybridized carbons (Fsp3) is 0.467. The molecule has 0 aliphatic carbocycles. The minimum Gasteiger partial charge on any atom is -0.440 e. The van der Waals surface area contributed by atoms with E-state index in [1.807, 2.05) is 76.2 Å². The van der Waals surface area contributed by atoms with Crippen molar-refractivity contribution in [2.75, 3.05) is 6.54 Å². The number of carbonyl (C=O) groups is 4. The Balaban J connectivity index is 1.77. The molecule has 0 bridgehead atoms. The third-order valence-corrected chi connectivity index (χ3v) is 7.30. The summed E-state index contributed by atoms with van der Waals surface area (Å²) in [5, 5.41) is 8.73. The molecule has 9 heteroatoms. The van der Waals surface area contributed by atoms with Crippen LogP contribution in [-0.4, -0.2) is 42.8 Å². The molecule has 1 aliphatic rings. The number of amides is 3. The van der Waals surface area contributed by atoms with Crippen molar-refractivity contribution in [2.45, 2.75) is 70.6 Å². The average molecular weight is 556 g/mol. The van der Waals surface area contributed by atoms with Crippen LogP contribution in [0.5, 0.6) is 0 Å². The molecule has 8 nitrogen and oxygen atoms in total. The van der Waals surface area contributed by atoms with Crippen LogP contribution >= 0.6 is 11.6 Å². The Morgan fingerprint density at radius 1 is 1.13 bits per heavy atom. The number of nitrogens with one attached hydrogen (secondary N) is 3. The molecule has 1 fully saturated rings. The number of alkyl carbamates (subject to hydrolysis) is 1. The lowest BCUT2D eigenvalue weighted by Gasteiger charge is -2.35. The number of halogens is 1. The molecule has 0 spiro atoms. The van der Waals surface area contributed by atoms with Crippen molar-refractivity contribution in [1.29, 1.82) is 0 Å². The Kier molecular flexibility index (Phi) is 10.5. The first-order valence-electron chi connectivity index (χ1n) is 13.3. The number of hydrogen-bond donors (Lipinski definition) is 3. The second-order valence-corrected chi connectivity index (χ2v) is 11.5. The van der Waals surface area contributed by atoms with Crippen molar-refractivity contribution in [2.24, 2.45) is 11.8 Å². The van der Waals surface area contributed by atoms with Crippen molar-refractivity contribution < 1.29 is 23.9 Å². The van der Waals surface area contributed by atoms with Gasteiger partial charge in [-0.3, -0.25) is 9.59 Å². The lowest BCUT2D eigenvalue weighted by atomic mass is 9.76. The van der Waals surface area contributed by atoms with Crippen molar-refractivity contribution in [3.05, 3.63) is 70.7 Å². The molecule has 2 aromatic carbocycles. The molecule has 2 aromatic rings. The molecule has 1 heterocycles. The van der Waals surface area contributed by atoms with E-state index in [2.05, 4.69) is 16.0 Å². The van der Waals surface area contributed by atoms with Crippen molar-refractivity contribution in [3.63, 3.8) is 0 Å². The highest BCUT2D eigenvalue weighted by atomic mass is 35.5. The maximum absolute atomic E-state index is 13.3. The van der Waals surface area contributed by atoms with Crippen LogP contribution in [0.25, 0.3) is 0 Å². The van der Waals surface area contributed by atoms with E-state index in [1.165, 1.54) is 0 Å². The van der Waals surface area contributed by atoms with E-state index in [9.17, 15) is 19.2 Å². The van der Waals surface area contributed by atoms with Gasteiger partial charge in [-0.05, 0) is 48.4 Å². The van der Waals surface area contributed by atoms with Gasteiger partial charge in [-0.2, -0.15) is 0 Å². The normalized spacial score (nSPS) is 17.6. The fourth-order valence-electron chi connectivity index (χ4n) is 4.89. The van der Waals surface area contributed by atoms with E-state index in [0.717, 1.165) is 11.1 Å². The molecule has 3 amide bonds. The first-order valence-corrected chi connectivity index (χ1v) is 13.7. The van der Waals surface area contributed by atoms with Crippen molar-refractivity contribution in [3.8, 4) is 0 Å². The van der Waals surface area contributed by atoms with Gasteiger partial charge in [0.2, 0.25) is 11.8 Å². The first kappa shape index (κ1) is 30.2. The van der Waals surface area contributed by atoms with Gasteiger partial charge >= 0.3 is 6.09 Å². The quantitative estimate of drug-likeness (QED) is 0.328. The minimum absolute atomic E-state index is 0.0733. The summed E-state index contributed by atoms with van der Waals surface area (Å²) < 4.78 is 6.02. The summed E-state index contributed by atoms with van der Waals surface area (Å²) in [7, 11) is 0. The predicted molar refractivity (Wildman–Crippen MR) is 150 cm³/mol. The molecular weight excluding hydrogens is 518 g/mol. The monoisotopic (exact) mass is 555 g/mol. The summed E-state index contributed by atoms with van der Waals surface area (Å²) in [6.07, 6.45) is 0.352. The van der Waals surface area contributed by atoms with Crippen LogP contribution in [0.3, 0.4) is 0 Å². The van der Waals surface area contributed by atoms with Crippen LogP contribution in [0.2, 0.25) is 5.02 Å². The van der Waals surface area contributed by atoms with Gasteiger partial charge in [-0.1, -0.05) is 81.8 Å². The zero-order valence-corrected chi connectivity index (χ0v) is 23.7. The van der Waals surface area contributed by atoms with Crippen LogP contribution in [0.1, 0.15) is 64.2 Å². The smallest absolute Gasteiger partial charge is 0.408 e. The molecule has 1 aliphatic heterocycles. The number of carbonyl (C=O) groups excluding carboxylic acids is 4. The summed E-state index contributed by atoms with van der Waals surface area (Å²) in [5.74, 6) is -0.876. The maximum Gasteiger partial charge on any atom is 0.408 e. The Bertz CT molecular complexity index is 1150. The van der Waals surface area contributed by atoms with Crippen molar-refractivity contribution >= 4 is 35.8 Å². The number of rotatable bonds is 12. The Labute approximate surface area is 235 Å². The Hall–Kier alpha value is -3.39. The topological polar surface area (TPSA) is 114 Å². The third-order valence-electron chi connectivity index (χ3n) is 7.06. The highest BCUT2D eigenvalue weighted by Crippen LogP contribution is 2.40. The molecule has 39 heavy (non-hydrogen) atoms. The van der Waals surface area contributed by atoms with Gasteiger partial charge in [-0.15, -0.1) is 0 Å². The van der Waals surface area contributed by atoms with Crippen LogP contribution < -0.4 is 16.0 Å². The second-order valence-electron chi connectivity index (χ2n) is 11.0. The summed E-state index contributed by atoms with van der Waals surface area (Å²) in [5.41, 5.74) is 1.01. The zero-order chi connectivity index (χ0) is 28.6. The highest BCUT2D eigenvalue weighted by Gasteiger charge is 2.37. The van der Waals surface area contributed by atoms with Crippen molar-refractivity contribution in [1.82, 2.24) is 16.0 Å². The minimum atomic E-state index is -0.928. The van der Waals surface area contributed by atoms with Crippen LogP contribution in [0, 0.1) is 11.8 Å². The standard InChI is InChI=1S/C30H38ClN3O5/c1-19(2)15-25(28(37)33-24(18-35)16-21-13-14-32-27(21)36)34-29(38)39-26(20-9-6-5-7-10-20)30(3,4)22-11-8-12-23(31)17-22/h5-12,17-19,21,24-26H,13-16H2,1-4H3,(H,32,36)(H,33,37)(H,34,38)/t21-,24-,25-,26+/m0/s1. The van der Waals surface area contributed by atoms with E-state index in [4.69, 9.17) is 16.3 Å². The average Bonchev–Trinajstić information content (AvgIpc) is 3.30. The lowest BCUT2D eigenvalue weighted by Crippen LogP contribution is -2.51. The summed E-state index contributed by atoms with van der Waals surface area (Å²) in [4.78, 5) is 50.1. The molecule has 0 unspecified atom stereocenters. The van der Waals surface area contributed by atoms with Gasteiger partial charge in [0.1, 0.15) is 18.4 Å². The summed E-state index contributed by atoms with van der Waals surface area (Å²) in [6.45, 7) is 8.36. The molecule has 0 saturated carbocycles. The fourth-order valence-corrected chi connectivity index (χ4v) is 5.09. The van der Waals surface area contributed by atoms with Gasteiger partial charge in [0, 0.05) is 22.9 Å². The molecule has 1 saturated heterocycles. The molecular formula is C30H38ClN3O5. The second kappa shape index (κ2) is 13.6. The van der Waals surface area contributed by atoms with E-state index < -0.39 is 35.6 Å². The van der Waals surface area contributed by atoms with Gasteiger partial charge in [0.15, 0.2) is 0 Å². The lowest BCUT2D eigenvalue weighted by molar-refractivity contribution is -0.127. The number of aldehydes is 1. The van der Waals surface area contributed by atoms with Gasteiger partial charge in [0.25, 0.3) is 0 Å². The van der Waals surface area contributed by atoms with Gasteiger partial charge < -0.3 is 25.5 Å². The zero-order valence-electron chi connectivity index (χ0n) is 22.9. The number of ether oxygens (including phenoxy) is 1. The first-order chi connectivity index (χ1) is 18.5. The Morgan fingerprint density at radius 2 is 1.85 bits per heavy atom. The van der Waals surface area contributed by atoms with Crippen LogP contribution in [0.15, 0.2) is 54.6 Å². The molecule has 4 atom stereocenters. The summed E-state index contributed by atoms with van der Waals surface area (Å²) >= 11 is 6.26. The molecule has 3 N–H and O–H groups in total. The van der Waals surface area contributed by atoms with E-state index >= 15 is 0 Å². The largest absolute Gasteiger partial charge is 0.440 e. The molecule has 0 aromatic heterocycles. The number of benzene rings is 2. The Morgan fingerprint density at radius 3 is 2.44 bits per heavy atom. The molecule has 210 valence electrons. The molecule has 3 rings (SSSR count).